The topological polar surface area (TPSA) is 49.4 Å². The Morgan fingerprint density at radius 3 is 2.58 bits per heavy atom. The van der Waals surface area contributed by atoms with Gasteiger partial charge in [0, 0.05) is 18.3 Å². The molecule has 2 aromatic rings. The number of hydrogen-bond acceptors (Lipinski definition) is 3. The lowest BCUT2D eigenvalue weighted by molar-refractivity contribution is 0.332. The maximum absolute atomic E-state index is 12.0. The number of thiocarbonyl (C=S) groups is 1. The van der Waals surface area contributed by atoms with Gasteiger partial charge in [-0.05, 0) is 55.2 Å². The highest BCUT2D eigenvalue weighted by molar-refractivity contribution is 7.91. The van der Waals surface area contributed by atoms with Gasteiger partial charge < -0.3 is 10.2 Å². The predicted octanol–water partition coefficient (Wildman–Crippen LogP) is 3.69. The summed E-state index contributed by atoms with van der Waals surface area (Å²) in [4.78, 5) is 2.02. The minimum atomic E-state index is -2.98. The summed E-state index contributed by atoms with van der Waals surface area (Å²) < 4.78 is 24.0. The average molecular weight is 389 g/mol. The van der Waals surface area contributed by atoms with Gasteiger partial charge in [-0.15, -0.1) is 0 Å². The van der Waals surface area contributed by atoms with E-state index in [2.05, 4.69) is 23.5 Å². The first kappa shape index (κ1) is 18.9. The van der Waals surface area contributed by atoms with Crippen LogP contribution in [0.5, 0.6) is 0 Å². The molecule has 1 atom stereocenters. The second-order valence-corrected chi connectivity index (χ2v) is 9.53. The molecule has 1 saturated heterocycles. The molecule has 0 saturated carbocycles. The molecule has 1 heterocycles. The highest BCUT2D eigenvalue weighted by Gasteiger charge is 2.33. The summed E-state index contributed by atoms with van der Waals surface area (Å²) in [5.74, 6) is 0.392. The van der Waals surface area contributed by atoms with Gasteiger partial charge in [-0.1, -0.05) is 42.5 Å². The molecule has 0 amide bonds. The van der Waals surface area contributed by atoms with Crippen LogP contribution >= 0.6 is 12.2 Å². The van der Waals surface area contributed by atoms with E-state index < -0.39 is 9.84 Å². The first-order chi connectivity index (χ1) is 12.3. The Kier molecular flexibility index (Phi) is 5.63. The monoisotopic (exact) mass is 388 g/mol. The lowest BCUT2D eigenvalue weighted by Gasteiger charge is -2.31. The van der Waals surface area contributed by atoms with Crippen molar-refractivity contribution in [3.8, 4) is 0 Å². The van der Waals surface area contributed by atoms with Crippen LogP contribution in [0.1, 0.15) is 23.1 Å². The van der Waals surface area contributed by atoms with Crippen LogP contribution in [-0.2, 0) is 16.4 Å². The predicted molar refractivity (Wildman–Crippen MR) is 111 cm³/mol. The van der Waals surface area contributed by atoms with Gasteiger partial charge in [0.2, 0.25) is 0 Å². The van der Waals surface area contributed by atoms with Crippen molar-refractivity contribution in [2.24, 2.45) is 0 Å². The molecule has 0 bridgehead atoms. The Hall–Kier alpha value is -1.92. The quantitative estimate of drug-likeness (QED) is 0.810. The molecular formula is C20H24N2O2S2. The van der Waals surface area contributed by atoms with Gasteiger partial charge in [0.1, 0.15) is 0 Å². The van der Waals surface area contributed by atoms with Gasteiger partial charge in [-0.3, -0.25) is 0 Å². The molecule has 3 rings (SSSR count). The zero-order valence-corrected chi connectivity index (χ0v) is 16.7. The third-order valence-corrected chi connectivity index (χ3v) is 6.83. The van der Waals surface area contributed by atoms with Gasteiger partial charge in [-0.2, -0.15) is 0 Å². The SMILES string of the molecule is Cc1ccc(C)c(NC(=S)N(Cc2ccccc2)[C@H]2CCS(=O)(=O)C2)c1. The minimum Gasteiger partial charge on any atom is -0.341 e. The Morgan fingerprint density at radius 1 is 1.19 bits per heavy atom. The van der Waals surface area contributed by atoms with Gasteiger partial charge >= 0.3 is 0 Å². The average Bonchev–Trinajstić information content (AvgIpc) is 2.96. The molecule has 0 aromatic heterocycles. The van der Waals surface area contributed by atoms with Crippen molar-refractivity contribution in [3.05, 3.63) is 65.2 Å². The molecule has 6 heteroatoms. The Labute approximate surface area is 161 Å². The van der Waals surface area contributed by atoms with Crippen molar-refractivity contribution in [3.63, 3.8) is 0 Å². The van der Waals surface area contributed by atoms with Crippen LogP contribution in [0.25, 0.3) is 0 Å². The molecule has 26 heavy (non-hydrogen) atoms. The normalized spacial score (nSPS) is 18.5. The van der Waals surface area contributed by atoms with Crippen molar-refractivity contribution >= 4 is 32.9 Å². The molecule has 138 valence electrons. The van der Waals surface area contributed by atoms with Crippen LogP contribution in [0.15, 0.2) is 48.5 Å². The van der Waals surface area contributed by atoms with Crippen LogP contribution in [-0.4, -0.2) is 36.0 Å². The molecule has 1 aliphatic rings. The highest BCUT2D eigenvalue weighted by Crippen LogP contribution is 2.23. The van der Waals surface area contributed by atoms with Crippen LogP contribution in [0.3, 0.4) is 0 Å². The van der Waals surface area contributed by atoms with Gasteiger partial charge in [0.05, 0.1) is 11.5 Å². The Balaban J connectivity index is 1.84. The van der Waals surface area contributed by atoms with E-state index in [4.69, 9.17) is 12.2 Å². The minimum absolute atomic E-state index is 0.0923. The number of anilines is 1. The molecule has 0 aliphatic carbocycles. The molecule has 1 N–H and O–H groups in total. The van der Waals surface area contributed by atoms with E-state index in [1.807, 2.05) is 49.1 Å². The van der Waals surface area contributed by atoms with Crippen molar-refractivity contribution in [1.29, 1.82) is 0 Å². The van der Waals surface area contributed by atoms with Gasteiger partial charge in [-0.25, -0.2) is 8.42 Å². The zero-order chi connectivity index (χ0) is 18.7. The number of rotatable bonds is 4. The Bertz CT molecular complexity index is 895. The Morgan fingerprint density at radius 2 is 1.92 bits per heavy atom. The first-order valence-electron chi connectivity index (χ1n) is 8.73. The third kappa shape index (κ3) is 4.62. The lowest BCUT2D eigenvalue weighted by Crippen LogP contribution is -2.43. The van der Waals surface area contributed by atoms with E-state index in [0.29, 0.717) is 18.1 Å². The summed E-state index contributed by atoms with van der Waals surface area (Å²) in [6, 6.07) is 16.1. The second kappa shape index (κ2) is 7.76. The standard InChI is InChI=1S/C20H24N2O2S2/c1-15-8-9-16(2)19(12-15)21-20(25)22(13-17-6-4-3-5-7-17)18-10-11-26(23,24)14-18/h3-9,12,18H,10-11,13-14H2,1-2H3,(H,21,25)/t18-/m0/s1. The molecule has 4 nitrogen and oxygen atoms in total. The second-order valence-electron chi connectivity index (χ2n) is 6.92. The summed E-state index contributed by atoms with van der Waals surface area (Å²) in [6.45, 7) is 4.67. The molecule has 0 unspecified atom stereocenters. The number of aryl methyl sites for hydroxylation is 2. The van der Waals surface area contributed by atoms with E-state index in [1.165, 1.54) is 0 Å². The van der Waals surface area contributed by atoms with Crippen molar-refractivity contribution in [2.45, 2.75) is 32.9 Å². The van der Waals surface area contributed by atoms with Gasteiger partial charge in [0.15, 0.2) is 14.9 Å². The van der Waals surface area contributed by atoms with Crippen molar-refractivity contribution in [2.75, 3.05) is 16.8 Å². The molecule has 1 aliphatic heterocycles. The van der Waals surface area contributed by atoms with Gasteiger partial charge in [0.25, 0.3) is 0 Å². The fourth-order valence-corrected chi connectivity index (χ4v) is 5.28. The third-order valence-electron chi connectivity index (χ3n) is 4.74. The smallest absolute Gasteiger partial charge is 0.174 e. The number of nitrogens with one attached hydrogen (secondary N) is 1. The summed E-state index contributed by atoms with van der Waals surface area (Å²) in [6.07, 6.45) is 0.615. The zero-order valence-electron chi connectivity index (χ0n) is 15.1. The van der Waals surface area contributed by atoms with Crippen molar-refractivity contribution in [1.82, 2.24) is 4.90 Å². The van der Waals surface area contributed by atoms with E-state index in [9.17, 15) is 8.42 Å². The number of benzene rings is 2. The van der Waals surface area contributed by atoms with Crippen LogP contribution in [0, 0.1) is 13.8 Å². The highest BCUT2D eigenvalue weighted by atomic mass is 32.2. The number of sulfone groups is 1. The summed E-state index contributed by atoms with van der Waals surface area (Å²) >= 11 is 5.69. The van der Waals surface area contributed by atoms with E-state index >= 15 is 0 Å². The van der Waals surface area contributed by atoms with E-state index in [-0.39, 0.29) is 17.5 Å². The molecular weight excluding hydrogens is 364 g/mol. The van der Waals surface area contributed by atoms with Crippen molar-refractivity contribution < 1.29 is 8.42 Å². The van der Waals surface area contributed by atoms with E-state index in [0.717, 1.165) is 22.4 Å². The first-order valence-corrected chi connectivity index (χ1v) is 11.0. The lowest BCUT2D eigenvalue weighted by atomic mass is 10.1. The fourth-order valence-electron chi connectivity index (χ4n) is 3.23. The summed E-state index contributed by atoms with van der Waals surface area (Å²) in [7, 11) is -2.98. The number of nitrogens with zero attached hydrogens (tertiary/aromatic N) is 1. The van der Waals surface area contributed by atoms with Crippen LogP contribution < -0.4 is 5.32 Å². The molecule has 2 aromatic carbocycles. The maximum Gasteiger partial charge on any atom is 0.174 e. The van der Waals surface area contributed by atoms with Crippen LogP contribution in [0.2, 0.25) is 0 Å². The summed E-state index contributed by atoms with van der Waals surface area (Å²) in [5.41, 5.74) is 4.34. The maximum atomic E-state index is 12.0. The van der Waals surface area contributed by atoms with E-state index in [1.54, 1.807) is 0 Å². The molecule has 0 radical (unpaired) electrons. The largest absolute Gasteiger partial charge is 0.341 e. The molecule has 1 fully saturated rings. The molecule has 0 spiro atoms. The van der Waals surface area contributed by atoms with Crippen LogP contribution in [0.4, 0.5) is 5.69 Å². The fraction of sp³-hybridized carbons (Fsp3) is 0.350. The number of hydrogen-bond donors (Lipinski definition) is 1. The summed E-state index contributed by atoms with van der Waals surface area (Å²) in [5, 5.41) is 3.91.